The summed E-state index contributed by atoms with van der Waals surface area (Å²) in [7, 11) is 0. The van der Waals surface area contributed by atoms with Crippen molar-refractivity contribution < 1.29 is 4.79 Å². The number of hydrogen-bond acceptors (Lipinski definition) is 2. The maximum atomic E-state index is 12.7. The second kappa shape index (κ2) is 3.83. The van der Waals surface area contributed by atoms with E-state index < -0.39 is 0 Å². The molecule has 0 fully saturated rings. The van der Waals surface area contributed by atoms with Crippen molar-refractivity contribution in [3.05, 3.63) is 63.9 Å². The fourth-order valence-electron chi connectivity index (χ4n) is 3.53. The summed E-state index contributed by atoms with van der Waals surface area (Å²) in [6.45, 7) is 7.11. The summed E-state index contributed by atoms with van der Waals surface area (Å²) in [5.74, 6) is 0.148. The summed E-state index contributed by atoms with van der Waals surface area (Å²) >= 11 is 1.73. The van der Waals surface area contributed by atoms with Crippen LogP contribution >= 0.6 is 11.3 Å². The Morgan fingerprint density at radius 1 is 1.30 bits per heavy atom. The number of carbonyl (C=O) groups is 1. The van der Waals surface area contributed by atoms with E-state index in [0.717, 1.165) is 23.1 Å². The third-order valence-corrected chi connectivity index (χ3v) is 5.59. The lowest BCUT2D eigenvalue weighted by Crippen LogP contribution is -2.39. The molecule has 1 amide bonds. The average molecular weight is 281 g/mol. The molecule has 1 aromatic heterocycles. The Bertz CT molecular complexity index is 745. The second-order valence-electron chi connectivity index (χ2n) is 5.77. The van der Waals surface area contributed by atoms with Crippen LogP contribution in [-0.4, -0.2) is 10.8 Å². The number of fused-ring (bicyclic) bond motifs is 4. The Labute approximate surface area is 122 Å². The number of hydrogen-bond donors (Lipinski definition) is 0. The van der Waals surface area contributed by atoms with E-state index in [0.29, 0.717) is 6.54 Å². The maximum Gasteiger partial charge on any atom is 0.255 e. The summed E-state index contributed by atoms with van der Waals surface area (Å²) < 4.78 is 0. The second-order valence-corrected chi connectivity index (χ2v) is 6.68. The van der Waals surface area contributed by atoms with Gasteiger partial charge in [-0.1, -0.05) is 24.8 Å². The fourth-order valence-corrected chi connectivity index (χ4v) is 4.42. The van der Waals surface area contributed by atoms with Gasteiger partial charge in [-0.05, 0) is 41.1 Å². The van der Waals surface area contributed by atoms with E-state index in [4.69, 9.17) is 0 Å². The monoisotopic (exact) mass is 281 g/mol. The number of nitrogens with zero attached hydrogens (tertiary/aromatic N) is 1. The van der Waals surface area contributed by atoms with E-state index in [1.54, 1.807) is 11.3 Å². The molecular weight excluding hydrogens is 266 g/mol. The summed E-state index contributed by atoms with van der Waals surface area (Å²) in [5, 5.41) is 2.09. The highest BCUT2D eigenvalue weighted by atomic mass is 32.1. The van der Waals surface area contributed by atoms with Gasteiger partial charge >= 0.3 is 0 Å². The molecule has 1 aromatic carbocycles. The van der Waals surface area contributed by atoms with Gasteiger partial charge in [0.1, 0.15) is 0 Å². The maximum absolute atomic E-state index is 12.7. The Kier molecular flexibility index (Phi) is 2.28. The minimum absolute atomic E-state index is 0.148. The summed E-state index contributed by atoms with van der Waals surface area (Å²) in [5.41, 5.74) is 4.10. The zero-order valence-electron chi connectivity index (χ0n) is 11.3. The van der Waals surface area contributed by atoms with Gasteiger partial charge in [-0.15, -0.1) is 11.3 Å². The van der Waals surface area contributed by atoms with Crippen molar-refractivity contribution in [1.82, 2.24) is 4.90 Å². The number of benzene rings is 1. The van der Waals surface area contributed by atoms with Gasteiger partial charge in [0.05, 0.1) is 5.54 Å². The topological polar surface area (TPSA) is 20.3 Å². The highest BCUT2D eigenvalue weighted by Crippen LogP contribution is 2.48. The van der Waals surface area contributed by atoms with Crippen LogP contribution in [0.25, 0.3) is 5.57 Å². The first-order chi connectivity index (χ1) is 9.61. The zero-order valence-corrected chi connectivity index (χ0v) is 12.2. The third kappa shape index (κ3) is 1.36. The first-order valence-electron chi connectivity index (χ1n) is 6.77. The first-order valence-corrected chi connectivity index (χ1v) is 7.65. The van der Waals surface area contributed by atoms with E-state index in [2.05, 4.69) is 31.0 Å². The Hall–Kier alpha value is -1.87. The van der Waals surface area contributed by atoms with Gasteiger partial charge in [0.2, 0.25) is 0 Å². The molecule has 1 unspecified atom stereocenters. The molecule has 100 valence electrons. The molecular formula is C17H15NOS. The molecule has 0 aliphatic carbocycles. The van der Waals surface area contributed by atoms with Gasteiger partial charge in [0.15, 0.2) is 0 Å². The SMILES string of the molecule is C=C1CC2(C)c3ccccc3C(=O)N2Cc2ccsc21. The Balaban J connectivity index is 1.93. The van der Waals surface area contributed by atoms with Gasteiger partial charge in [0.25, 0.3) is 5.91 Å². The van der Waals surface area contributed by atoms with Crippen LogP contribution in [0, 0.1) is 0 Å². The smallest absolute Gasteiger partial charge is 0.255 e. The molecule has 2 aliphatic rings. The van der Waals surface area contributed by atoms with E-state index >= 15 is 0 Å². The average Bonchev–Trinajstić information content (AvgIpc) is 2.95. The summed E-state index contributed by atoms with van der Waals surface area (Å²) in [6.07, 6.45) is 0.809. The quantitative estimate of drug-likeness (QED) is 0.713. The van der Waals surface area contributed by atoms with Crippen LogP contribution in [0.5, 0.6) is 0 Å². The normalized spacial score (nSPS) is 24.1. The number of thiophene rings is 1. The molecule has 2 aromatic rings. The predicted molar refractivity (Wildman–Crippen MR) is 81.6 cm³/mol. The largest absolute Gasteiger partial charge is 0.324 e. The molecule has 2 nitrogen and oxygen atoms in total. The molecule has 2 aliphatic heterocycles. The summed E-state index contributed by atoms with van der Waals surface area (Å²) in [6, 6.07) is 10.1. The lowest BCUT2D eigenvalue weighted by Gasteiger charge is -2.34. The third-order valence-electron chi connectivity index (χ3n) is 4.53. The van der Waals surface area contributed by atoms with Crippen LogP contribution in [-0.2, 0) is 12.1 Å². The minimum Gasteiger partial charge on any atom is -0.324 e. The van der Waals surface area contributed by atoms with E-state index in [1.165, 1.54) is 10.4 Å². The van der Waals surface area contributed by atoms with Gasteiger partial charge in [-0.3, -0.25) is 4.79 Å². The minimum atomic E-state index is -0.260. The Morgan fingerprint density at radius 2 is 2.10 bits per heavy atom. The predicted octanol–water partition coefficient (Wildman–Crippen LogP) is 4.04. The first kappa shape index (κ1) is 11.9. The molecule has 3 heterocycles. The van der Waals surface area contributed by atoms with Gasteiger partial charge in [-0.25, -0.2) is 0 Å². The van der Waals surface area contributed by atoms with Crippen molar-refractivity contribution >= 4 is 22.8 Å². The molecule has 0 N–H and O–H groups in total. The highest BCUT2D eigenvalue weighted by molar-refractivity contribution is 7.11. The van der Waals surface area contributed by atoms with Crippen molar-refractivity contribution in [1.29, 1.82) is 0 Å². The van der Waals surface area contributed by atoms with Crippen molar-refractivity contribution in [2.24, 2.45) is 0 Å². The van der Waals surface area contributed by atoms with E-state index in [-0.39, 0.29) is 11.4 Å². The van der Waals surface area contributed by atoms with Crippen molar-refractivity contribution in [3.63, 3.8) is 0 Å². The molecule has 0 saturated carbocycles. The molecule has 1 atom stereocenters. The zero-order chi connectivity index (χ0) is 13.9. The van der Waals surface area contributed by atoms with Crippen molar-refractivity contribution in [2.45, 2.75) is 25.4 Å². The molecule has 0 bridgehead atoms. The molecule has 0 radical (unpaired) electrons. The lowest BCUT2D eigenvalue weighted by molar-refractivity contribution is 0.0576. The molecule has 4 rings (SSSR count). The molecule has 3 heteroatoms. The van der Waals surface area contributed by atoms with Crippen LogP contribution < -0.4 is 0 Å². The summed E-state index contributed by atoms with van der Waals surface area (Å²) in [4.78, 5) is 16.0. The van der Waals surface area contributed by atoms with Gasteiger partial charge < -0.3 is 4.90 Å². The number of carbonyl (C=O) groups excluding carboxylic acids is 1. The lowest BCUT2D eigenvalue weighted by atomic mass is 9.86. The van der Waals surface area contributed by atoms with Crippen LogP contribution in [0.2, 0.25) is 0 Å². The van der Waals surface area contributed by atoms with Crippen molar-refractivity contribution in [3.8, 4) is 0 Å². The van der Waals surface area contributed by atoms with Gasteiger partial charge in [-0.2, -0.15) is 0 Å². The van der Waals surface area contributed by atoms with Crippen LogP contribution in [0.3, 0.4) is 0 Å². The standard InChI is InChI=1S/C17H15NOS/c1-11-9-17(2)14-6-4-3-5-13(14)16(19)18(17)10-12-7-8-20-15(11)12/h3-8H,1,9-10H2,2H3. The van der Waals surface area contributed by atoms with Gasteiger partial charge in [0, 0.05) is 23.4 Å². The molecule has 0 saturated heterocycles. The van der Waals surface area contributed by atoms with E-state index in [9.17, 15) is 4.79 Å². The number of rotatable bonds is 0. The molecule has 0 spiro atoms. The van der Waals surface area contributed by atoms with Crippen LogP contribution in [0.1, 0.15) is 39.7 Å². The van der Waals surface area contributed by atoms with Crippen LogP contribution in [0.15, 0.2) is 42.3 Å². The Morgan fingerprint density at radius 3 is 2.95 bits per heavy atom. The van der Waals surface area contributed by atoms with Crippen LogP contribution in [0.4, 0.5) is 0 Å². The fraction of sp³-hybridized carbons (Fsp3) is 0.235. The highest BCUT2D eigenvalue weighted by Gasteiger charge is 2.47. The molecule has 20 heavy (non-hydrogen) atoms. The van der Waals surface area contributed by atoms with Crippen molar-refractivity contribution in [2.75, 3.05) is 0 Å². The van der Waals surface area contributed by atoms with E-state index in [1.807, 2.05) is 23.1 Å². The number of amides is 1.